The number of hydrogen-bond donors (Lipinski definition) is 0. The number of benzene rings is 1. The van der Waals surface area contributed by atoms with Crippen molar-refractivity contribution in [3.8, 4) is 0 Å². The molecule has 5 heteroatoms. The zero-order chi connectivity index (χ0) is 15.8. The maximum Gasteiger partial charge on any atom is 0.160 e. The van der Waals surface area contributed by atoms with Gasteiger partial charge in [-0.1, -0.05) is 48.5 Å². The van der Waals surface area contributed by atoms with Gasteiger partial charge in [-0.15, -0.1) is 0 Å². The summed E-state index contributed by atoms with van der Waals surface area (Å²) in [5.41, 5.74) is 2.24. The molecule has 1 aromatic carbocycles. The van der Waals surface area contributed by atoms with Gasteiger partial charge in [-0.05, 0) is 36.2 Å². The molecule has 3 nitrogen and oxygen atoms in total. The average Bonchev–Trinajstić information content (AvgIpc) is 3.14. The summed E-state index contributed by atoms with van der Waals surface area (Å²) in [5.74, 6) is 1.11. The van der Waals surface area contributed by atoms with Crippen LogP contribution in [0.3, 0.4) is 0 Å². The summed E-state index contributed by atoms with van der Waals surface area (Å²) in [4.78, 5) is 12.0. The average molecular weight is 344 g/mol. The molecule has 0 saturated carbocycles. The fraction of sp³-hybridized carbons (Fsp3) is 0.333. The molecule has 1 aromatic heterocycles. The van der Waals surface area contributed by atoms with Gasteiger partial charge in [0, 0.05) is 23.0 Å². The Morgan fingerprint density at radius 1 is 1.26 bits per heavy atom. The summed E-state index contributed by atoms with van der Waals surface area (Å²) in [6.07, 6.45) is 2.97. The molecule has 0 amide bonds. The molecular weight excluding hydrogens is 326 g/mol. The number of pyridine rings is 1. The summed E-state index contributed by atoms with van der Waals surface area (Å²) < 4.78 is 0. The highest BCUT2D eigenvalue weighted by Gasteiger charge is 2.45. The zero-order valence-corrected chi connectivity index (χ0v) is 14.5. The lowest BCUT2D eigenvalue weighted by Gasteiger charge is -2.32. The third-order valence-electron chi connectivity index (χ3n) is 4.52. The van der Waals surface area contributed by atoms with E-state index in [2.05, 4.69) is 35.0 Å². The Bertz CT molecular complexity index is 734. The van der Waals surface area contributed by atoms with Crippen LogP contribution in [0.2, 0.25) is 5.02 Å². The van der Waals surface area contributed by atoms with Crippen molar-refractivity contribution in [2.75, 3.05) is 5.75 Å². The first-order valence-electron chi connectivity index (χ1n) is 7.93. The van der Waals surface area contributed by atoms with Gasteiger partial charge >= 0.3 is 0 Å². The molecule has 0 unspecified atom stereocenters. The standard InChI is InChI=1S/C18H18ClN3S/c1-2-14-11-23-18-21-16(15-8-3-4-9-20-15)17(22(14)18)12-6-5-7-13(19)10-12/h3-10,14,16-17H,2,11H2,1H3/t14-,16+,17-/m1/s1. The van der Waals surface area contributed by atoms with Crippen LogP contribution in [0.1, 0.15) is 36.7 Å². The minimum atomic E-state index is 0.0338. The van der Waals surface area contributed by atoms with E-state index < -0.39 is 0 Å². The van der Waals surface area contributed by atoms with E-state index in [1.807, 2.05) is 42.2 Å². The summed E-state index contributed by atoms with van der Waals surface area (Å²) in [5, 5.41) is 1.92. The number of fused-ring (bicyclic) bond motifs is 1. The second kappa shape index (κ2) is 6.17. The third kappa shape index (κ3) is 2.64. The van der Waals surface area contributed by atoms with Crippen LogP contribution in [-0.2, 0) is 0 Å². The van der Waals surface area contributed by atoms with Crippen molar-refractivity contribution < 1.29 is 0 Å². The zero-order valence-electron chi connectivity index (χ0n) is 12.9. The van der Waals surface area contributed by atoms with E-state index in [4.69, 9.17) is 16.6 Å². The Morgan fingerprint density at radius 2 is 2.17 bits per heavy atom. The van der Waals surface area contributed by atoms with Gasteiger partial charge in [-0.25, -0.2) is 0 Å². The Hall–Kier alpha value is -1.52. The van der Waals surface area contributed by atoms with Gasteiger partial charge in [0.15, 0.2) is 5.17 Å². The molecule has 3 heterocycles. The number of aliphatic imine (C=N–C) groups is 1. The lowest BCUT2D eigenvalue weighted by atomic mass is 9.95. The topological polar surface area (TPSA) is 28.5 Å². The van der Waals surface area contributed by atoms with E-state index in [1.54, 1.807) is 0 Å². The van der Waals surface area contributed by atoms with Gasteiger partial charge in [0.2, 0.25) is 0 Å². The first-order chi connectivity index (χ1) is 11.3. The largest absolute Gasteiger partial charge is 0.338 e. The van der Waals surface area contributed by atoms with Crippen molar-refractivity contribution in [3.05, 3.63) is 64.9 Å². The normalized spacial score (nSPS) is 26.3. The van der Waals surface area contributed by atoms with E-state index in [0.717, 1.165) is 28.1 Å². The molecule has 2 aromatic rings. The molecule has 118 valence electrons. The summed E-state index contributed by atoms with van der Waals surface area (Å²) >= 11 is 8.12. The van der Waals surface area contributed by atoms with Gasteiger partial charge in [-0.2, -0.15) is 0 Å². The molecule has 2 aliphatic rings. The quantitative estimate of drug-likeness (QED) is 0.807. The number of nitrogens with zero attached hydrogens (tertiary/aromatic N) is 3. The molecule has 2 aliphatic heterocycles. The summed E-state index contributed by atoms with van der Waals surface area (Å²) in [6, 6.07) is 15.0. The van der Waals surface area contributed by atoms with Gasteiger partial charge in [0.1, 0.15) is 6.04 Å². The minimum absolute atomic E-state index is 0.0338. The molecule has 0 spiro atoms. The molecule has 4 rings (SSSR count). The highest BCUT2D eigenvalue weighted by Crippen LogP contribution is 2.48. The van der Waals surface area contributed by atoms with E-state index in [-0.39, 0.29) is 12.1 Å². The number of amidine groups is 1. The first kappa shape index (κ1) is 15.0. The van der Waals surface area contributed by atoms with Crippen molar-refractivity contribution in [3.63, 3.8) is 0 Å². The van der Waals surface area contributed by atoms with Crippen molar-refractivity contribution >= 4 is 28.5 Å². The van der Waals surface area contributed by atoms with Crippen molar-refractivity contribution in [2.45, 2.75) is 31.5 Å². The van der Waals surface area contributed by atoms with Crippen LogP contribution in [0.4, 0.5) is 0 Å². The van der Waals surface area contributed by atoms with Gasteiger partial charge in [-0.3, -0.25) is 9.98 Å². The molecule has 0 radical (unpaired) electrons. The van der Waals surface area contributed by atoms with E-state index >= 15 is 0 Å². The predicted molar refractivity (Wildman–Crippen MR) is 97.0 cm³/mol. The van der Waals surface area contributed by atoms with Crippen molar-refractivity contribution in [2.24, 2.45) is 4.99 Å². The van der Waals surface area contributed by atoms with E-state index in [1.165, 1.54) is 5.56 Å². The van der Waals surface area contributed by atoms with Crippen LogP contribution in [0.5, 0.6) is 0 Å². The number of thioether (sulfide) groups is 1. The van der Waals surface area contributed by atoms with Crippen LogP contribution >= 0.6 is 23.4 Å². The monoisotopic (exact) mass is 343 g/mol. The number of aromatic nitrogens is 1. The van der Waals surface area contributed by atoms with Crippen LogP contribution in [0, 0.1) is 0 Å². The van der Waals surface area contributed by atoms with Crippen LogP contribution < -0.4 is 0 Å². The Labute approximate surface area is 145 Å². The first-order valence-corrected chi connectivity index (χ1v) is 9.29. The minimum Gasteiger partial charge on any atom is -0.338 e. The van der Waals surface area contributed by atoms with E-state index in [0.29, 0.717) is 6.04 Å². The molecule has 0 N–H and O–H groups in total. The molecule has 23 heavy (non-hydrogen) atoms. The molecule has 0 bridgehead atoms. The predicted octanol–water partition coefficient (Wildman–Crippen LogP) is 4.71. The van der Waals surface area contributed by atoms with Crippen molar-refractivity contribution in [1.82, 2.24) is 9.88 Å². The van der Waals surface area contributed by atoms with Gasteiger partial charge in [0.05, 0.1) is 11.7 Å². The fourth-order valence-corrected chi connectivity index (χ4v) is 4.94. The maximum absolute atomic E-state index is 6.25. The van der Waals surface area contributed by atoms with Crippen LogP contribution in [0.15, 0.2) is 53.7 Å². The Kier molecular flexibility index (Phi) is 4.04. The highest BCUT2D eigenvalue weighted by atomic mass is 35.5. The second-order valence-electron chi connectivity index (χ2n) is 5.89. The SMILES string of the molecule is CC[C@@H]1CSC2=N[C@@H](c3ccccn3)[C@@H](c3cccc(Cl)c3)N21. The molecule has 1 fully saturated rings. The molecule has 1 saturated heterocycles. The van der Waals surface area contributed by atoms with Gasteiger partial charge < -0.3 is 4.90 Å². The lowest BCUT2D eigenvalue weighted by molar-refractivity contribution is 0.255. The third-order valence-corrected chi connectivity index (χ3v) is 5.88. The smallest absolute Gasteiger partial charge is 0.160 e. The Balaban J connectivity index is 1.80. The van der Waals surface area contributed by atoms with E-state index in [9.17, 15) is 0 Å². The summed E-state index contributed by atoms with van der Waals surface area (Å²) in [7, 11) is 0. The molecular formula is C18H18ClN3S. The van der Waals surface area contributed by atoms with Crippen LogP contribution in [-0.4, -0.2) is 26.8 Å². The fourth-order valence-electron chi connectivity index (χ4n) is 3.40. The highest BCUT2D eigenvalue weighted by molar-refractivity contribution is 8.14. The maximum atomic E-state index is 6.25. The number of hydrogen-bond acceptors (Lipinski definition) is 4. The van der Waals surface area contributed by atoms with Gasteiger partial charge in [0.25, 0.3) is 0 Å². The number of rotatable bonds is 3. The second-order valence-corrected chi connectivity index (χ2v) is 7.31. The number of halogens is 1. The lowest BCUT2D eigenvalue weighted by Crippen LogP contribution is -2.35. The molecule has 0 aliphatic carbocycles. The Morgan fingerprint density at radius 3 is 2.91 bits per heavy atom. The van der Waals surface area contributed by atoms with Crippen LogP contribution in [0.25, 0.3) is 0 Å². The molecule has 3 atom stereocenters. The van der Waals surface area contributed by atoms with Crippen molar-refractivity contribution in [1.29, 1.82) is 0 Å². The summed E-state index contributed by atoms with van der Waals surface area (Å²) in [6.45, 7) is 2.25.